The molecule has 0 fully saturated rings. The van der Waals surface area contributed by atoms with E-state index in [1.807, 2.05) is 11.8 Å². The Morgan fingerprint density at radius 3 is 2.57 bits per heavy atom. The maximum Gasteiger partial charge on any atom is 0.305 e. The van der Waals surface area contributed by atoms with Gasteiger partial charge in [-0.15, -0.1) is 0 Å². The Labute approximate surface area is 135 Å². The Morgan fingerprint density at radius 1 is 1.00 bits per heavy atom. The molecule has 122 valence electrons. The number of hydrogen-bond acceptors (Lipinski definition) is 3. The van der Waals surface area contributed by atoms with Crippen LogP contribution in [0.15, 0.2) is 24.3 Å². The van der Waals surface area contributed by atoms with Crippen LogP contribution in [0.2, 0.25) is 0 Å². The highest BCUT2D eigenvalue weighted by molar-refractivity contribution is 7.99. The second-order valence-corrected chi connectivity index (χ2v) is 6.29. The fourth-order valence-electron chi connectivity index (χ4n) is 1.87. The Hall–Kier alpha value is -0.700. The summed E-state index contributed by atoms with van der Waals surface area (Å²) in [5.41, 5.74) is 0. The highest BCUT2D eigenvalue weighted by Gasteiger charge is 1.98. The standard InChI is InChI=1S/C18H32O2S/c1-3-4-5-6-7-8-9-10-13-16-21-17-14-11-12-15-18(19)20-2/h7-8,10,13H,3-6,9,11-12,14-17H2,1-2H3/b8-7-,13-10-. The lowest BCUT2D eigenvalue weighted by Crippen LogP contribution is -1.99. The number of ether oxygens (including phenoxy) is 1. The number of hydrogen-bond donors (Lipinski definition) is 0. The summed E-state index contributed by atoms with van der Waals surface area (Å²) in [4.78, 5) is 10.9. The van der Waals surface area contributed by atoms with E-state index >= 15 is 0 Å². The van der Waals surface area contributed by atoms with Crippen LogP contribution in [0.25, 0.3) is 0 Å². The van der Waals surface area contributed by atoms with Gasteiger partial charge in [0.25, 0.3) is 0 Å². The molecule has 0 N–H and O–H groups in total. The van der Waals surface area contributed by atoms with Crippen molar-refractivity contribution < 1.29 is 9.53 Å². The van der Waals surface area contributed by atoms with Crippen molar-refractivity contribution in [2.75, 3.05) is 18.6 Å². The molecule has 0 aliphatic rings. The molecule has 0 aromatic heterocycles. The molecule has 0 unspecified atom stereocenters. The number of esters is 1. The summed E-state index contributed by atoms with van der Waals surface area (Å²) in [6.07, 6.45) is 19.1. The van der Waals surface area contributed by atoms with Crippen molar-refractivity contribution in [3.05, 3.63) is 24.3 Å². The normalized spacial score (nSPS) is 11.5. The Morgan fingerprint density at radius 2 is 1.81 bits per heavy atom. The van der Waals surface area contributed by atoms with Gasteiger partial charge < -0.3 is 4.74 Å². The van der Waals surface area contributed by atoms with E-state index in [4.69, 9.17) is 0 Å². The van der Waals surface area contributed by atoms with Crippen LogP contribution in [0.3, 0.4) is 0 Å². The van der Waals surface area contributed by atoms with Gasteiger partial charge in [-0.25, -0.2) is 0 Å². The van der Waals surface area contributed by atoms with Gasteiger partial charge in [0, 0.05) is 12.2 Å². The van der Waals surface area contributed by atoms with Gasteiger partial charge in [-0.05, 0) is 37.9 Å². The van der Waals surface area contributed by atoms with Crippen LogP contribution in [0.1, 0.15) is 64.7 Å². The molecule has 0 saturated heterocycles. The van der Waals surface area contributed by atoms with Crippen LogP contribution in [0.5, 0.6) is 0 Å². The molecule has 0 rings (SSSR count). The van der Waals surface area contributed by atoms with E-state index in [-0.39, 0.29) is 5.97 Å². The van der Waals surface area contributed by atoms with Gasteiger partial charge in [-0.3, -0.25) is 4.79 Å². The van der Waals surface area contributed by atoms with Gasteiger partial charge in [0.05, 0.1) is 7.11 Å². The van der Waals surface area contributed by atoms with Gasteiger partial charge in [-0.2, -0.15) is 11.8 Å². The topological polar surface area (TPSA) is 26.3 Å². The first kappa shape index (κ1) is 20.3. The first-order valence-electron chi connectivity index (χ1n) is 8.25. The molecule has 0 aromatic carbocycles. The van der Waals surface area contributed by atoms with Gasteiger partial charge in [0.15, 0.2) is 0 Å². The van der Waals surface area contributed by atoms with Crippen LogP contribution >= 0.6 is 11.8 Å². The largest absolute Gasteiger partial charge is 0.469 e. The SMILES string of the molecule is CCCCC/C=C\C/C=C\CSCCCCCC(=O)OC. The number of rotatable bonds is 14. The third kappa shape index (κ3) is 17.2. The summed E-state index contributed by atoms with van der Waals surface area (Å²) in [5.74, 6) is 2.19. The quantitative estimate of drug-likeness (QED) is 0.239. The average molecular weight is 313 g/mol. The molecule has 0 aliphatic heterocycles. The summed E-state index contributed by atoms with van der Waals surface area (Å²) in [6, 6.07) is 0. The van der Waals surface area contributed by atoms with Crippen molar-refractivity contribution in [1.82, 2.24) is 0 Å². The number of allylic oxidation sites excluding steroid dienone is 3. The highest BCUT2D eigenvalue weighted by atomic mass is 32.2. The molecule has 0 heterocycles. The average Bonchev–Trinajstić information content (AvgIpc) is 2.50. The number of unbranched alkanes of at least 4 members (excludes halogenated alkanes) is 5. The maximum absolute atomic E-state index is 10.9. The summed E-state index contributed by atoms with van der Waals surface area (Å²) >= 11 is 1.97. The Kier molecular flexibility index (Phi) is 16.8. The maximum atomic E-state index is 10.9. The molecule has 0 aliphatic carbocycles. The monoisotopic (exact) mass is 312 g/mol. The van der Waals surface area contributed by atoms with Gasteiger partial charge in [-0.1, -0.05) is 50.5 Å². The van der Waals surface area contributed by atoms with Crippen LogP contribution in [0.4, 0.5) is 0 Å². The zero-order chi connectivity index (χ0) is 15.6. The fraction of sp³-hybridized carbons (Fsp3) is 0.722. The third-order valence-corrected chi connectivity index (χ3v) is 4.20. The molecular formula is C18H32O2S. The second-order valence-electron chi connectivity index (χ2n) is 5.14. The van der Waals surface area contributed by atoms with E-state index in [0.29, 0.717) is 6.42 Å². The summed E-state index contributed by atoms with van der Waals surface area (Å²) in [5, 5.41) is 0. The van der Waals surface area contributed by atoms with E-state index in [1.54, 1.807) is 0 Å². The van der Waals surface area contributed by atoms with Crippen LogP contribution in [0, 0.1) is 0 Å². The van der Waals surface area contributed by atoms with Gasteiger partial charge >= 0.3 is 5.97 Å². The summed E-state index contributed by atoms with van der Waals surface area (Å²) in [7, 11) is 1.45. The Balaban J connectivity index is 3.20. The predicted molar refractivity (Wildman–Crippen MR) is 94.8 cm³/mol. The van der Waals surface area contributed by atoms with E-state index in [2.05, 4.69) is 36.0 Å². The van der Waals surface area contributed by atoms with Crippen molar-refractivity contribution >= 4 is 17.7 Å². The molecule has 3 heteroatoms. The number of thioether (sulfide) groups is 1. The van der Waals surface area contributed by atoms with Gasteiger partial charge in [0.2, 0.25) is 0 Å². The molecule has 0 aromatic rings. The molecule has 0 spiro atoms. The molecule has 0 saturated carbocycles. The molecule has 0 bridgehead atoms. The fourth-order valence-corrected chi connectivity index (χ4v) is 2.72. The molecule has 2 nitrogen and oxygen atoms in total. The number of carbonyl (C=O) groups excluding carboxylic acids is 1. The van der Waals surface area contributed by atoms with E-state index in [0.717, 1.165) is 25.0 Å². The minimum atomic E-state index is -0.0895. The predicted octanol–water partition coefficient (Wildman–Crippen LogP) is 5.54. The molecule has 0 radical (unpaired) electrons. The first-order chi connectivity index (χ1) is 10.3. The molecule has 0 amide bonds. The van der Waals surface area contributed by atoms with Crippen molar-refractivity contribution in [3.63, 3.8) is 0 Å². The zero-order valence-electron chi connectivity index (χ0n) is 13.8. The lowest BCUT2D eigenvalue weighted by Gasteiger charge is -2.00. The molecular weight excluding hydrogens is 280 g/mol. The Bertz CT molecular complexity index is 285. The minimum Gasteiger partial charge on any atom is -0.469 e. The zero-order valence-corrected chi connectivity index (χ0v) is 14.6. The van der Waals surface area contributed by atoms with Crippen molar-refractivity contribution in [2.45, 2.75) is 64.7 Å². The highest BCUT2D eigenvalue weighted by Crippen LogP contribution is 2.08. The van der Waals surface area contributed by atoms with E-state index < -0.39 is 0 Å². The van der Waals surface area contributed by atoms with Crippen molar-refractivity contribution in [2.24, 2.45) is 0 Å². The third-order valence-electron chi connectivity index (χ3n) is 3.19. The van der Waals surface area contributed by atoms with Gasteiger partial charge in [0.1, 0.15) is 0 Å². The lowest BCUT2D eigenvalue weighted by atomic mass is 10.2. The van der Waals surface area contributed by atoms with Crippen molar-refractivity contribution in [1.29, 1.82) is 0 Å². The van der Waals surface area contributed by atoms with Crippen molar-refractivity contribution in [3.8, 4) is 0 Å². The van der Waals surface area contributed by atoms with Crippen LogP contribution < -0.4 is 0 Å². The van der Waals surface area contributed by atoms with Crippen LogP contribution in [-0.2, 0) is 9.53 Å². The molecule has 21 heavy (non-hydrogen) atoms. The lowest BCUT2D eigenvalue weighted by molar-refractivity contribution is -0.140. The van der Waals surface area contributed by atoms with E-state index in [9.17, 15) is 4.79 Å². The minimum absolute atomic E-state index is 0.0895. The second kappa shape index (κ2) is 17.4. The summed E-state index contributed by atoms with van der Waals surface area (Å²) in [6.45, 7) is 2.24. The van der Waals surface area contributed by atoms with E-state index in [1.165, 1.54) is 45.0 Å². The first-order valence-corrected chi connectivity index (χ1v) is 9.41. The number of methoxy groups -OCH3 is 1. The van der Waals surface area contributed by atoms with Crippen LogP contribution in [-0.4, -0.2) is 24.6 Å². The number of carbonyl (C=O) groups is 1. The smallest absolute Gasteiger partial charge is 0.305 e. The molecule has 0 atom stereocenters. The summed E-state index contributed by atoms with van der Waals surface area (Å²) < 4.78 is 4.61.